The standard InChI is InChI=1S/C25H26ClN5O3/c1-17(24-27-23(28-34-24)18-6-3-2-4-7-18)29-12-14-30(15-13-29)25(33)20-10-9-19(26)16-21(20)31-11-5-8-22(31)32/h2-4,6-7,9-10,16-17H,5,8,11-15H2,1H3. The number of piperazine rings is 1. The maximum absolute atomic E-state index is 13.4. The van der Waals surface area contributed by atoms with Crippen LogP contribution in [0.5, 0.6) is 0 Å². The lowest BCUT2D eigenvalue weighted by atomic mass is 10.1. The molecule has 176 valence electrons. The van der Waals surface area contributed by atoms with E-state index < -0.39 is 0 Å². The third-order valence-electron chi connectivity index (χ3n) is 6.53. The second-order valence-electron chi connectivity index (χ2n) is 8.64. The van der Waals surface area contributed by atoms with Gasteiger partial charge in [0.15, 0.2) is 0 Å². The lowest BCUT2D eigenvalue weighted by Crippen LogP contribution is -2.49. The fourth-order valence-corrected chi connectivity index (χ4v) is 4.73. The Hall–Kier alpha value is -3.23. The molecule has 5 rings (SSSR count). The van der Waals surface area contributed by atoms with Crippen LogP contribution in [0.4, 0.5) is 5.69 Å². The first-order valence-electron chi connectivity index (χ1n) is 11.5. The molecule has 1 unspecified atom stereocenters. The van der Waals surface area contributed by atoms with Crippen molar-refractivity contribution >= 4 is 29.1 Å². The highest BCUT2D eigenvalue weighted by molar-refractivity contribution is 6.31. The zero-order chi connectivity index (χ0) is 23.7. The highest BCUT2D eigenvalue weighted by Gasteiger charge is 2.31. The van der Waals surface area contributed by atoms with Crippen molar-refractivity contribution in [3.05, 3.63) is 65.0 Å². The first kappa shape index (κ1) is 22.6. The number of hydrogen-bond acceptors (Lipinski definition) is 6. The average Bonchev–Trinajstić information content (AvgIpc) is 3.53. The third-order valence-corrected chi connectivity index (χ3v) is 6.77. The van der Waals surface area contributed by atoms with Gasteiger partial charge in [-0.15, -0.1) is 0 Å². The molecule has 0 spiro atoms. The number of nitrogens with zero attached hydrogens (tertiary/aromatic N) is 5. The zero-order valence-electron chi connectivity index (χ0n) is 19.0. The number of anilines is 1. The van der Waals surface area contributed by atoms with Gasteiger partial charge >= 0.3 is 0 Å². The maximum Gasteiger partial charge on any atom is 0.256 e. The number of amides is 2. The van der Waals surface area contributed by atoms with Gasteiger partial charge in [0.25, 0.3) is 5.91 Å². The average molecular weight is 480 g/mol. The molecule has 34 heavy (non-hydrogen) atoms. The van der Waals surface area contributed by atoms with E-state index in [0.29, 0.717) is 67.1 Å². The smallest absolute Gasteiger partial charge is 0.256 e. The van der Waals surface area contributed by atoms with Gasteiger partial charge in [-0.25, -0.2) is 0 Å². The van der Waals surface area contributed by atoms with Crippen molar-refractivity contribution in [2.75, 3.05) is 37.6 Å². The molecule has 0 radical (unpaired) electrons. The second kappa shape index (κ2) is 9.56. The van der Waals surface area contributed by atoms with Gasteiger partial charge in [0.1, 0.15) is 0 Å². The number of halogens is 1. The molecule has 0 aliphatic carbocycles. The van der Waals surface area contributed by atoms with E-state index in [1.807, 2.05) is 42.2 Å². The summed E-state index contributed by atoms with van der Waals surface area (Å²) in [4.78, 5) is 36.0. The minimum atomic E-state index is -0.0807. The fourth-order valence-electron chi connectivity index (χ4n) is 4.56. The van der Waals surface area contributed by atoms with Crippen LogP contribution in [-0.4, -0.2) is 64.5 Å². The summed E-state index contributed by atoms with van der Waals surface area (Å²) in [6.07, 6.45) is 1.29. The summed E-state index contributed by atoms with van der Waals surface area (Å²) in [6.45, 7) is 5.15. The van der Waals surface area contributed by atoms with E-state index in [2.05, 4.69) is 15.0 Å². The van der Waals surface area contributed by atoms with Crippen LogP contribution < -0.4 is 4.90 Å². The van der Waals surface area contributed by atoms with Crippen molar-refractivity contribution in [2.45, 2.75) is 25.8 Å². The molecule has 2 aromatic carbocycles. The molecule has 3 heterocycles. The molecule has 2 aliphatic heterocycles. The Balaban J connectivity index is 1.26. The summed E-state index contributed by atoms with van der Waals surface area (Å²) >= 11 is 6.20. The number of benzene rings is 2. The summed E-state index contributed by atoms with van der Waals surface area (Å²) in [5, 5.41) is 4.64. The fraction of sp³-hybridized carbons (Fsp3) is 0.360. The summed E-state index contributed by atoms with van der Waals surface area (Å²) in [5.74, 6) is 1.08. The van der Waals surface area contributed by atoms with E-state index in [1.54, 1.807) is 23.1 Å². The van der Waals surface area contributed by atoms with Crippen LogP contribution in [0, 0.1) is 0 Å². The Morgan fingerprint density at radius 2 is 1.82 bits per heavy atom. The Morgan fingerprint density at radius 1 is 1.06 bits per heavy atom. The predicted molar refractivity (Wildman–Crippen MR) is 129 cm³/mol. The summed E-state index contributed by atoms with van der Waals surface area (Å²) in [6, 6.07) is 14.8. The molecular formula is C25H26ClN5O3. The number of carbonyl (C=O) groups is 2. The van der Waals surface area contributed by atoms with Crippen LogP contribution in [0.25, 0.3) is 11.4 Å². The highest BCUT2D eigenvalue weighted by atomic mass is 35.5. The molecule has 3 aromatic rings. The SMILES string of the molecule is CC(c1nc(-c2ccccc2)no1)N1CCN(C(=O)c2ccc(Cl)cc2N2CCCC2=O)CC1. The summed E-state index contributed by atoms with van der Waals surface area (Å²) in [7, 11) is 0. The normalized spacial score (nSPS) is 17.9. The van der Waals surface area contributed by atoms with E-state index in [0.717, 1.165) is 12.0 Å². The van der Waals surface area contributed by atoms with Gasteiger partial charge < -0.3 is 14.3 Å². The molecule has 9 heteroatoms. The van der Waals surface area contributed by atoms with Crippen molar-refractivity contribution in [3.8, 4) is 11.4 Å². The molecule has 1 atom stereocenters. The molecule has 2 aliphatic rings. The van der Waals surface area contributed by atoms with Crippen LogP contribution >= 0.6 is 11.6 Å². The summed E-state index contributed by atoms with van der Waals surface area (Å²) in [5.41, 5.74) is 2.04. The maximum atomic E-state index is 13.4. The molecule has 2 saturated heterocycles. The van der Waals surface area contributed by atoms with Crippen molar-refractivity contribution < 1.29 is 14.1 Å². The monoisotopic (exact) mass is 479 g/mol. The highest BCUT2D eigenvalue weighted by Crippen LogP contribution is 2.30. The van der Waals surface area contributed by atoms with Gasteiger partial charge in [-0.3, -0.25) is 14.5 Å². The van der Waals surface area contributed by atoms with Gasteiger partial charge in [0.05, 0.1) is 17.3 Å². The van der Waals surface area contributed by atoms with E-state index in [-0.39, 0.29) is 17.9 Å². The zero-order valence-corrected chi connectivity index (χ0v) is 19.7. The van der Waals surface area contributed by atoms with Gasteiger partial charge in [0.2, 0.25) is 17.6 Å². The number of aromatic nitrogens is 2. The van der Waals surface area contributed by atoms with Crippen molar-refractivity contribution in [1.82, 2.24) is 19.9 Å². The van der Waals surface area contributed by atoms with Gasteiger partial charge in [-0.2, -0.15) is 4.98 Å². The first-order valence-corrected chi connectivity index (χ1v) is 11.9. The molecule has 1 aromatic heterocycles. The van der Waals surface area contributed by atoms with Crippen LogP contribution in [-0.2, 0) is 4.79 Å². The molecule has 2 fully saturated rings. The quantitative estimate of drug-likeness (QED) is 0.549. The first-order chi connectivity index (χ1) is 16.5. The Kier molecular flexibility index (Phi) is 6.34. The number of rotatable bonds is 5. The van der Waals surface area contributed by atoms with Gasteiger partial charge in [-0.1, -0.05) is 47.1 Å². The van der Waals surface area contributed by atoms with Gasteiger partial charge in [-0.05, 0) is 31.5 Å². The Labute approximate surface area is 203 Å². The molecule has 8 nitrogen and oxygen atoms in total. The van der Waals surface area contributed by atoms with Crippen LogP contribution in [0.1, 0.15) is 42.1 Å². The molecule has 2 amide bonds. The van der Waals surface area contributed by atoms with Gasteiger partial charge in [0, 0.05) is 49.7 Å². The lowest BCUT2D eigenvalue weighted by Gasteiger charge is -2.37. The van der Waals surface area contributed by atoms with Crippen LogP contribution in [0.2, 0.25) is 5.02 Å². The number of hydrogen-bond donors (Lipinski definition) is 0. The summed E-state index contributed by atoms with van der Waals surface area (Å²) < 4.78 is 5.54. The van der Waals surface area contributed by atoms with E-state index in [1.165, 1.54) is 0 Å². The molecule has 0 N–H and O–H groups in total. The molecule has 0 saturated carbocycles. The van der Waals surface area contributed by atoms with E-state index >= 15 is 0 Å². The predicted octanol–water partition coefficient (Wildman–Crippen LogP) is 4.04. The molecule has 0 bridgehead atoms. The van der Waals surface area contributed by atoms with Crippen molar-refractivity contribution in [1.29, 1.82) is 0 Å². The van der Waals surface area contributed by atoms with E-state index in [9.17, 15) is 9.59 Å². The Morgan fingerprint density at radius 3 is 2.53 bits per heavy atom. The Bertz CT molecular complexity index is 1190. The largest absolute Gasteiger partial charge is 0.337 e. The third kappa shape index (κ3) is 4.43. The minimum Gasteiger partial charge on any atom is -0.337 e. The topological polar surface area (TPSA) is 82.8 Å². The second-order valence-corrected chi connectivity index (χ2v) is 9.07. The lowest BCUT2D eigenvalue weighted by molar-refractivity contribution is -0.117. The van der Waals surface area contributed by atoms with Crippen molar-refractivity contribution in [2.24, 2.45) is 0 Å². The number of carbonyl (C=O) groups excluding carboxylic acids is 2. The minimum absolute atomic E-state index is 0.0318. The van der Waals surface area contributed by atoms with Crippen LogP contribution in [0.15, 0.2) is 53.1 Å². The van der Waals surface area contributed by atoms with Crippen molar-refractivity contribution in [3.63, 3.8) is 0 Å². The molecular weight excluding hydrogens is 454 g/mol. The van der Waals surface area contributed by atoms with Crippen LogP contribution in [0.3, 0.4) is 0 Å². The van der Waals surface area contributed by atoms with E-state index in [4.69, 9.17) is 16.1 Å².